The van der Waals surface area contributed by atoms with E-state index in [9.17, 15) is 14.9 Å². The van der Waals surface area contributed by atoms with Crippen LogP contribution in [0.5, 0.6) is 5.75 Å². The topological polar surface area (TPSA) is 99.3 Å². The van der Waals surface area contributed by atoms with Crippen molar-refractivity contribution in [2.24, 2.45) is 0 Å². The van der Waals surface area contributed by atoms with Crippen molar-refractivity contribution < 1.29 is 14.5 Å². The molecule has 0 atom stereocenters. The fourth-order valence-electron chi connectivity index (χ4n) is 2.47. The van der Waals surface area contributed by atoms with Crippen molar-refractivity contribution >= 4 is 11.6 Å². The number of nitrogens with one attached hydrogen (secondary N) is 1. The summed E-state index contributed by atoms with van der Waals surface area (Å²) in [5.41, 5.74) is 1.64. The summed E-state index contributed by atoms with van der Waals surface area (Å²) in [5, 5.41) is 18.1. The van der Waals surface area contributed by atoms with Gasteiger partial charge in [-0.2, -0.15) is 5.10 Å². The number of carbonyl (C=O) groups excluding carboxylic acids is 1. The second-order valence-corrected chi connectivity index (χ2v) is 5.70. The minimum absolute atomic E-state index is 0.0688. The van der Waals surface area contributed by atoms with E-state index in [2.05, 4.69) is 10.4 Å². The molecule has 0 saturated carbocycles. The highest BCUT2D eigenvalue weighted by atomic mass is 16.6. The third kappa shape index (κ3) is 4.91. The number of rotatable bonds is 8. The minimum Gasteiger partial charge on any atom is -0.477 e. The van der Waals surface area contributed by atoms with Gasteiger partial charge in [0.15, 0.2) is 12.4 Å². The summed E-state index contributed by atoms with van der Waals surface area (Å²) in [6.07, 6.45) is 2.43. The Kier molecular flexibility index (Phi) is 5.78. The Labute approximate surface area is 155 Å². The van der Waals surface area contributed by atoms with Crippen LogP contribution in [0.15, 0.2) is 66.9 Å². The average Bonchev–Trinajstić information content (AvgIpc) is 3.16. The lowest BCUT2D eigenvalue weighted by Gasteiger charge is -2.07. The molecule has 3 rings (SSSR count). The summed E-state index contributed by atoms with van der Waals surface area (Å²) in [4.78, 5) is 22.3. The molecule has 0 bridgehead atoms. The van der Waals surface area contributed by atoms with Gasteiger partial charge in [-0.15, -0.1) is 0 Å². The van der Waals surface area contributed by atoms with E-state index in [1.54, 1.807) is 16.8 Å². The fourth-order valence-corrected chi connectivity index (χ4v) is 2.47. The first kappa shape index (κ1) is 18.1. The first-order valence-corrected chi connectivity index (χ1v) is 8.36. The summed E-state index contributed by atoms with van der Waals surface area (Å²) >= 11 is 0. The molecular weight excluding hydrogens is 348 g/mol. The van der Waals surface area contributed by atoms with Gasteiger partial charge in [0.25, 0.3) is 5.91 Å². The third-order valence-corrected chi connectivity index (χ3v) is 3.79. The minimum atomic E-state index is -0.545. The Bertz CT molecular complexity index is 924. The lowest BCUT2D eigenvalue weighted by atomic mass is 10.3. The summed E-state index contributed by atoms with van der Waals surface area (Å²) in [5.74, 6) is -0.283. The van der Waals surface area contributed by atoms with E-state index in [0.29, 0.717) is 13.0 Å². The van der Waals surface area contributed by atoms with Gasteiger partial charge in [0, 0.05) is 25.2 Å². The number of hydrogen-bond acceptors (Lipinski definition) is 5. The molecule has 138 valence electrons. The molecule has 0 aliphatic carbocycles. The number of benzene rings is 2. The van der Waals surface area contributed by atoms with E-state index in [0.717, 1.165) is 11.4 Å². The normalized spacial score (nSPS) is 10.4. The predicted octanol–water partition coefficient (Wildman–Crippen LogP) is 2.52. The second-order valence-electron chi connectivity index (χ2n) is 5.70. The molecule has 1 amide bonds. The van der Waals surface area contributed by atoms with Crippen LogP contribution < -0.4 is 10.1 Å². The highest BCUT2D eigenvalue weighted by molar-refractivity contribution is 5.77. The first-order chi connectivity index (χ1) is 13.1. The van der Waals surface area contributed by atoms with E-state index < -0.39 is 4.92 Å². The van der Waals surface area contributed by atoms with E-state index in [-0.39, 0.29) is 24.0 Å². The van der Waals surface area contributed by atoms with E-state index in [4.69, 9.17) is 4.74 Å². The monoisotopic (exact) mass is 366 g/mol. The number of nitrogens with zero attached hydrogens (tertiary/aromatic N) is 3. The molecule has 0 unspecified atom stereocenters. The molecular formula is C19H18N4O4. The Morgan fingerprint density at radius 1 is 1.11 bits per heavy atom. The highest BCUT2D eigenvalue weighted by Gasteiger charge is 2.14. The van der Waals surface area contributed by atoms with Gasteiger partial charge in [-0.25, -0.2) is 4.68 Å². The van der Waals surface area contributed by atoms with Crippen LogP contribution in [-0.2, 0) is 11.2 Å². The van der Waals surface area contributed by atoms with Crippen molar-refractivity contribution in [3.63, 3.8) is 0 Å². The molecule has 0 fully saturated rings. The van der Waals surface area contributed by atoms with Crippen molar-refractivity contribution in [3.05, 3.63) is 82.7 Å². The standard InChI is InChI=1S/C19H18N4O4/c24-19(14-27-18-9-5-4-8-17(18)23(25)26)20-12-10-15-11-13-22(21-15)16-6-2-1-3-7-16/h1-9,11,13H,10,12,14H2,(H,20,24). The van der Waals surface area contributed by atoms with Crippen LogP contribution in [0.3, 0.4) is 0 Å². The number of aromatic nitrogens is 2. The van der Waals surface area contributed by atoms with Crippen molar-refractivity contribution in [2.75, 3.05) is 13.2 Å². The summed E-state index contributed by atoms with van der Waals surface area (Å²) < 4.78 is 7.02. The van der Waals surface area contributed by atoms with E-state index in [1.165, 1.54) is 12.1 Å². The van der Waals surface area contributed by atoms with Gasteiger partial charge >= 0.3 is 5.69 Å². The van der Waals surface area contributed by atoms with Crippen LogP contribution in [-0.4, -0.2) is 33.8 Å². The van der Waals surface area contributed by atoms with Gasteiger partial charge in [0.05, 0.1) is 16.3 Å². The highest BCUT2D eigenvalue weighted by Crippen LogP contribution is 2.25. The van der Waals surface area contributed by atoms with E-state index in [1.807, 2.05) is 42.6 Å². The van der Waals surface area contributed by atoms with Gasteiger partial charge in [-0.05, 0) is 24.3 Å². The summed E-state index contributed by atoms with van der Waals surface area (Å²) in [7, 11) is 0. The number of ether oxygens (including phenoxy) is 1. The molecule has 1 aromatic heterocycles. The molecule has 0 aliphatic rings. The Morgan fingerprint density at radius 3 is 2.63 bits per heavy atom. The van der Waals surface area contributed by atoms with Gasteiger partial charge in [0.1, 0.15) is 0 Å². The molecule has 0 radical (unpaired) electrons. The number of nitro groups is 1. The van der Waals surface area contributed by atoms with Gasteiger partial charge in [-0.3, -0.25) is 14.9 Å². The van der Waals surface area contributed by atoms with E-state index >= 15 is 0 Å². The number of para-hydroxylation sites is 3. The molecule has 2 aromatic carbocycles. The maximum Gasteiger partial charge on any atom is 0.310 e. The first-order valence-electron chi connectivity index (χ1n) is 8.36. The molecule has 3 aromatic rings. The smallest absolute Gasteiger partial charge is 0.310 e. The second kappa shape index (κ2) is 8.61. The van der Waals surface area contributed by atoms with Crippen molar-refractivity contribution in [1.29, 1.82) is 0 Å². The quantitative estimate of drug-likeness (QED) is 0.488. The van der Waals surface area contributed by atoms with Gasteiger partial charge < -0.3 is 10.1 Å². The molecule has 27 heavy (non-hydrogen) atoms. The number of nitro benzene ring substituents is 1. The van der Waals surface area contributed by atoms with Gasteiger partial charge in [0.2, 0.25) is 0 Å². The van der Waals surface area contributed by atoms with Crippen LogP contribution in [0.2, 0.25) is 0 Å². The zero-order chi connectivity index (χ0) is 19.1. The largest absolute Gasteiger partial charge is 0.477 e. The van der Waals surface area contributed by atoms with Crippen LogP contribution in [0.25, 0.3) is 5.69 Å². The maximum absolute atomic E-state index is 11.9. The number of carbonyl (C=O) groups is 1. The zero-order valence-corrected chi connectivity index (χ0v) is 14.4. The van der Waals surface area contributed by atoms with Gasteiger partial charge in [-0.1, -0.05) is 30.3 Å². The molecule has 1 N–H and O–H groups in total. The van der Waals surface area contributed by atoms with Crippen molar-refractivity contribution in [1.82, 2.24) is 15.1 Å². The zero-order valence-electron chi connectivity index (χ0n) is 14.4. The Morgan fingerprint density at radius 2 is 1.85 bits per heavy atom. The molecule has 1 heterocycles. The van der Waals surface area contributed by atoms with Crippen LogP contribution in [0, 0.1) is 10.1 Å². The maximum atomic E-state index is 11.9. The van der Waals surface area contributed by atoms with Crippen LogP contribution >= 0.6 is 0 Å². The summed E-state index contributed by atoms with van der Waals surface area (Å²) in [6, 6.07) is 17.6. The summed E-state index contributed by atoms with van der Waals surface area (Å²) in [6.45, 7) is 0.105. The van der Waals surface area contributed by atoms with Crippen molar-refractivity contribution in [3.8, 4) is 11.4 Å². The third-order valence-electron chi connectivity index (χ3n) is 3.79. The molecule has 0 spiro atoms. The predicted molar refractivity (Wildman–Crippen MR) is 98.9 cm³/mol. The number of amides is 1. The Hall–Kier alpha value is -3.68. The van der Waals surface area contributed by atoms with Crippen molar-refractivity contribution in [2.45, 2.75) is 6.42 Å². The Balaban J connectivity index is 1.45. The number of hydrogen-bond donors (Lipinski definition) is 1. The lowest BCUT2D eigenvalue weighted by molar-refractivity contribution is -0.385. The lowest BCUT2D eigenvalue weighted by Crippen LogP contribution is -2.30. The fraction of sp³-hybridized carbons (Fsp3) is 0.158. The molecule has 0 aliphatic heterocycles. The molecule has 0 saturated heterocycles. The molecule has 8 nitrogen and oxygen atoms in total. The van der Waals surface area contributed by atoms with Crippen LogP contribution in [0.1, 0.15) is 5.69 Å². The van der Waals surface area contributed by atoms with Crippen LogP contribution in [0.4, 0.5) is 5.69 Å². The molecule has 8 heteroatoms. The SMILES string of the molecule is O=C(COc1ccccc1[N+](=O)[O-])NCCc1ccn(-c2ccccc2)n1. The average molecular weight is 366 g/mol.